The van der Waals surface area contributed by atoms with Gasteiger partial charge >= 0.3 is 0 Å². The number of rotatable bonds is 7. The molecule has 2 aromatic rings. The summed E-state index contributed by atoms with van der Waals surface area (Å²) in [5.41, 5.74) is 3.38. The Morgan fingerprint density at radius 1 is 1.27 bits per heavy atom. The average molecular weight is 379 g/mol. The molecule has 0 spiro atoms. The SMILES string of the molecule is CCN(CC(=O)Nc1c(C)cc(C)cc1Cl)Cc1ccc(OC)c(F)c1. The highest BCUT2D eigenvalue weighted by Crippen LogP contribution is 2.27. The van der Waals surface area contributed by atoms with Gasteiger partial charge in [-0.1, -0.05) is 30.7 Å². The molecule has 0 aromatic heterocycles. The van der Waals surface area contributed by atoms with E-state index in [2.05, 4.69) is 5.32 Å². The molecule has 0 radical (unpaired) electrons. The summed E-state index contributed by atoms with van der Waals surface area (Å²) in [6.45, 7) is 7.13. The topological polar surface area (TPSA) is 41.6 Å². The Morgan fingerprint density at radius 3 is 2.58 bits per heavy atom. The number of halogens is 2. The van der Waals surface area contributed by atoms with Crippen molar-refractivity contribution in [2.24, 2.45) is 0 Å². The van der Waals surface area contributed by atoms with Crippen LogP contribution in [-0.2, 0) is 11.3 Å². The van der Waals surface area contributed by atoms with Gasteiger partial charge in [0.15, 0.2) is 11.6 Å². The molecule has 140 valence electrons. The minimum Gasteiger partial charge on any atom is -0.494 e. The average Bonchev–Trinajstić information content (AvgIpc) is 2.57. The van der Waals surface area contributed by atoms with E-state index in [1.165, 1.54) is 13.2 Å². The number of aryl methyl sites for hydroxylation is 2. The molecule has 2 aromatic carbocycles. The van der Waals surface area contributed by atoms with Gasteiger partial charge in [-0.05, 0) is 55.3 Å². The fraction of sp³-hybridized carbons (Fsp3) is 0.350. The van der Waals surface area contributed by atoms with Gasteiger partial charge in [-0.3, -0.25) is 9.69 Å². The number of nitrogens with zero attached hydrogens (tertiary/aromatic N) is 1. The van der Waals surface area contributed by atoms with Crippen LogP contribution < -0.4 is 10.1 Å². The third kappa shape index (κ3) is 5.19. The lowest BCUT2D eigenvalue weighted by molar-refractivity contribution is -0.117. The normalized spacial score (nSPS) is 10.9. The fourth-order valence-corrected chi connectivity index (χ4v) is 3.17. The van der Waals surface area contributed by atoms with Crippen LogP contribution in [0.2, 0.25) is 5.02 Å². The van der Waals surface area contributed by atoms with Crippen molar-refractivity contribution in [3.05, 3.63) is 57.9 Å². The number of benzene rings is 2. The first-order valence-corrected chi connectivity index (χ1v) is 8.83. The Kier molecular flexibility index (Phi) is 7.00. The lowest BCUT2D eigenvalue weighted by Gasteiger charge is -2.21. The summed E-state index contributed by atoms with van der Waals surface area (Å²) in [5, 5.41) is 3.40. The van der Waals surface area contributed by atoms with E-state index in [4.69, 9.17) is 16.3 Å². The van der Waals surface area contributed by atoms with Gasteiger partial charge in [0.1, 0.15) is 0 Å². The number of likely N-dealkylation sites (N-methyl/N-ethyl adjacent to an activating group) is 1. The first kappa shape index (κ1) is 20.2. The molecular weight excluding hydrogens is 355 g/mol. The second-order valence-corrected chi connectivity index (χ2v) is 6.67. The van der Waals surface area contributed by atoms with Crippen LogP contribution in [0.4, 0.5) is 10.1 Å². The molecule has 0 aliphatic rings. The van der Waals surface area contributed by atoms with Gasteiger partial charge < -0.3 is 10.1 Å². The Labute approximate surface area is 158 Å². The standard InChI is InChI=1S/C20H24ClFN2O2/c1-5-24(11-15-6-7-18(26-4)17(22)10-15)12-19(25)23-20-14(3)8-13(2)9-16(20)21/h6-10H,5,11-12H2,1-4H3,(H,23,25). The largest absolute Gasteiger partial charge is 0.494 e. The van der Waals surface area contributed by atoms with Crippen molar-refractivity contribution >= 4 is 23.2 Å². The third-order valence-corrected chi connectivity index (χ3v) is 4.43. The van der Waals surface area contributed by atoms with Gasteiger partial charge in [0.05, 0.1) is 24.4 Å². The molecule has 4 nitrogen and oxygen atoms in total. The minimum absolute atomic E-state index is 0.158. The maximum absolute atomic E-state index is 13.8. The molecule has 0 saturated heterocycles. The van der Waals surface area contributed by atoms with E-state index in [9.17, 15) is 9.18 Å². The first-order valence-electron chi connectivity index (χ1n) is 8.45. The smallest absolute Gasteiger partial charge is 0.238 e. The summed E-state index contributed by atoms with van der Waals surface area (Å²) >= 11 is 6.24. The van der Waals surface area contributed by atoms with E-state index in [1.54, 1.807) is 12.1 Å². The number of anilines is 1. The quantitative estimate of drug-likeness (QED) is 0.767. The molecule has 2 rings (SSSR count). The van der Waals surface area contributed by atoms with Gasteiger partial charge in [0.25, 0.3) is 0 Å². The number of carbonyl (C=O) groups is 1. The molecule has 0 saturated carbocycles. The zero-order valence-corrected chi connectivity index (χ0v) is 16.3. The summed E-state index contributed by atoms with van der Waals surface area (Å²) in [6, 6.07) is 8.61. The van der Waals surface area contributed by atoms with E-state index in [0.717, 1.165) is 16.7 Å². The van der Waals surface area contributed by atoms with Gasteiger partial charge in [-0.2, -0.15) is 0 Å². The van der Waals surface area contributed by atoms with Gasteiger partial charge in [-0.25, -0.2) is 4.39 Å². The summed E-state index contributed by atoms with van der Waals surface area (Å²) in [5.74, 6) is -0.360. The van der Waals surface area contributed by atoms with Crippen molar-refractivity contribution in [3.8, 4) is 5.75 Å². The molecule has 1 amide bonds. The fourth-order valence-electron chi connectivity index (χ4n) is 2.80. The minimum atomic E-state index is -0.410. The predicted octanol–water partition coefficient (Wildman–Crippen LogP) is 4.57. The summed E-state index contributed by atoms with van der Waals surface area (Å²) in [7, 11) is 1.43. The molecule has 0 atom stereocenters. The van der Waals surface area contributed by atoms with Gasteiger partial charge in [0.2, 0.25) is 5.91 Å². The number of hydrogen-bond donors (Lipinski definition) is 1. The molecule has 6 heteroatoms. The van der Waals surface area contributed by atoms with Crippen LogP contribution in [0.15, 0.2) is 30.3 Å². The second-order valence-electron chi connectivity index (χ2n) is 6.26. The Morgan fingerprint density at radius 2 is 2.00 bits per heavy atom. The maximum Gasteiger partial charge on any atom is 0.238 e. The number of hydrogen-bond acceptors (Lipinski definition) is 3. The van der Waals surface area contributed by atoms with Crippen molar-refractivity contribution in [2.75, 3.05) is 25.5 Å². The number of amides is 1. The van der Waals surface area contributed by atoms with E-state index >= 15 is 0 Å². The zero-order valence-electron chi connectivity index (χ0n) is 15.5. The van der Waals surface area contributed by atoms with Crippen molar-refractivity contribution in [1.82, 2.24) is 4.90 Å². The highest BCUT2D eigenvalue weighted by molar-refractivity contribution is 6.34. The number of methoxy groups -OCH3 is 1. The van der Waals surface area contributed by atoms with Crippen LogP contribution in [0.3, 0.4) is 0 Å². The number of ether oxygens (including phenoxy) is 1. The van der Waals surface area contributed by atoms with E-state index < -0.39 is 5.82 Å². The molecule has 0 unspecified atom stereocenters. The monoisotopic (exact) mass is 378 g/mol. The highest BCUT2D eigenvalue weighted by Gasteiger charge is 2.14. The van der Waals surface area contributed by atoms with E-state index in [0.29, 0.717) is 23.8 Å². The molecule has 1 N–H and O–H groups in total. The molecular formula is C20H24ClFN2O2. The number of carbonyl (C=O) groups excluding carboxylic acids is 1. The highest BCUT2D eigenvalue weighted by atomic mass is 35.5. The Bertz CT molecular complexity index is 772. The number of nitrogens with one attached hydrogen (secondary N) is 1. The predicted molar refractivity (Wildman–Crippen MR) is 103 cm³/mol. The van der Waals surface area contributed by atoms with Crippen LogP contribution in [0.25, 0.3) is 0 Å². The van der Waals surface area contributed by atoms with Crippen molar-refractivity contribution in [2.45, 2.75) is 27.3 Å². The van der Waals surface area contributed by atoms with Crippen LogP contribution in [0.5, 0.6) is 5.75 Å². The molecule has 0 aliphatic heterocycles. The molecule has 0 bridgehead atoms. The third-order valence-electron chi connectivity index (χ3n) is 4.13. The lowest BCUT2D eigenvalue weighted by atomic mass is 10.1. The van der Waals surface area contributed by atoms with Gasteiger partial charge in [0, 0.05) is 6.54 Å². The Hall–Kier alpha value is -2.11. The summed E-state index contributed by atoms with van der Waals surface area (Å²) < 4.78 is 18.8. The van der Waals surface area contributed by atoms with Crippen molar-refractivity contribution in [1.29, 1.82) is 0 Å². The second kappa shape index (κ2) is 9.01. The maximum atomic E-state index is 13.8. The van der Waals surface area contributed by atoms with Crippen molar-refractivity contribution < 1.29 is 13.9 Å². The Balaban J connectivity index is 2.03. The molecule has 26 heavy (non-hydrogen) atoms. The van der Waals surface area contributed by atoms with Crippen LogP contribution in [0, 0.1) is 19.7 Å². The van der Waals surface area contributed by atoms with Crippen LogP contribution in [-0.4, -0.2) is 31.0 Å². The van der Waals surface area contributed by atoms with E-state index in [-0.39, 0.29) is 18.2 Å². The lowest BCUT2D eigenvalue weighted by Crippen LogP contribution is -2.33. The summed E-state index contributed by atoms with van der Waals surface area (Å²) in [4.78, 5) is 14.3. The van der Waals surface area contributed by atoms with Crippen LogP contribution >= 0.6 is 11.6 Å². The van der Waals surface area contributed by atoms with Gasteiger partial charge in [-0.15, -0.1) is 0 Å². The van der Waals surface area contributed by atoms with Crippen molar-refractivity contribution in [3.63, 3.8) is 0 Å². The zero-order chi connectivity index (χ0) is 19.3. The molecule has 0 aliphatic carbocycles. The molecule has 0 heterocycles. The molecule has 0 fully saturated rings. The summed E-state index contributed by atoms with van der Waals surface area (Å²) in [6.07, 6.45) is 0. The van der Waals surface area contributed by atoms with Crippen LogP contribution in [0.1, 0.15) is 23.6 Å². The van der Waals surface area contributed by atoms with E-state index in [1.807, 2.05) is 37.8 Å². The first-order chi connectivity index (χ1) is 12.3.